The molecule has 0 saturated carbocycles. The summed E-state index contributed by atoms with van der Waals surface area (Å²) in [4.78, 5) is 5.67. The van der Waals surface area contributed by atoms with Crippen LogP contribution in [-0.4, -0.2) is 23.0 Å². The van der Waals surface area contributed by atoms with Gasteiger partial charge in [-0.2, -0.15) is 0 Å². The molecule has 3 rings (SSSR count). The number of aromatic amines is 1. The van der Waals surface area contributed by atoms with Crippen molar-refractivity contribution in [2.75, 3.05) is 13.1 Å². The minimum absolute atomic E-state index is 1.03. The van der Waals surface area contributed by atoms with Gasteiger partial charge in [0, 0.05) is 25.8 Å². The zero-order valence-corrected chi connectivity index (χ0v) is 12.4. The summed E-state index contributed by atoms with van der Waals surface area (Å²) in [5.74, 6) is 0. The standard InChI is InChI=1S/C16H17BrN2/c17-16-10-15(11-18-16)14-6-8-19(9-7-14)12-13-4-2-1-3-5-13/h1-6,10-11,18H,7-9,12H2. The maximum Gasteiger partial charge on any atom is 0.0826 e. The molecule has 0 spiro atoms. The highest BCUT2D eigenvalue weighted by Crippen LogP contribution is 2.25. The molecule has 1 N–H and O–H groups in total. The number of halogens is 1. The van der Waals surface area contributed by atoms with E-state index in [2.05, 4.69) is 74.5 Å². The molecule has 2 aromatic rings. The molecule has 1 aliphatic heterocycles. The van der Waals surface area contributed by atoms with Crippen LogP contribution in [0.1, 0.15) is 17.5 Å². The van der Waals surface area contributed by atoms with Crippen LogP contribution in [0.2, 0.25) is 0 Å². The lowest BCUT2D eigenvalue weighted by atomic mass is 10.0. The average molecular weight is 317 g/mol. The molecule has 1 aromatic heterocycles. The van der Waals surface area contributed by atoms with Crippen molar-refractivity contribution in [3.63, 3.8) is 0 Å². The van der Waals surface area contributed by atoms with Gasteiger partial charge in [0.05, 0.1) is 4.60 Å². The van der Waals surface area contributed by atoms with E-state index in [0.29, 0.717) is 0 Å². The van der Waals surface area contributed by atoms with E-state index in [1.165, 1.54) is 16.7 Å². The lowest BCUT2D eigenvalue weighted by molar-refractivity contribution is 0.294. The lowest BCUT2D eigenvalue weighted by Crippen LogP contribution is -2.27. The Morgan fingerprint density at radius 1 is 1.21 bits per heavy atom. The highest BCUT2D eigenvalue weighted by Gasteiger charge is 2.13. The average Bonchev–Trinajstić information content (AvgIpc) is 2.87. The second kappa shape index (κ2) is 5.76. The second-order valence-corrected chi connectivity index (χ2v) is 5.79. The highest BCUT2D eigenvalue weighted by molar-refractivity contribution is 9.10. The summed E-state index contributed by atoms with van der Waals surface area (Å²) < 4.78 is 1.05. The molecule has 1 aliphatic rings. The van der Waals surface area contributed by atoms with Crippen LogP contribution in [0.25, 0.3) is 5.57 Å². The van der Waals surface area contributed by atoms with E-state index in [4.69, 9.17) is 0 Å². The Hall–Kier alpha value is -1.32. The fraction of sp³-hybridized carbons (Fsp3) is 0.250. The smallest absolute Gasteiger partial charge is 0.0826 e. The van der Waals surface area contributed by atoms with Gasteiger partial charge in [-0.15, -0.1) is 0 Å². The molecule has 2 nitrogen and oxygen atoms in total. The van der Waals surface area contributed by atoms with Gasteiger partial charge in [-0.05, 0) is 45.1 Å². The summed E-state index contributed by atoms with van der Waals surface area (Å²) in [7, 11) is 0. The predicted molar refractivity (Wildman–Crippen MR) is 82.8 cm³/mol. The fourth-order valence-electron chi connectivity index (χ4n) is 2.51. The first-order valence-electron chi connectivity index (χ1n) is 6.61. The van der Waals surface area contributed by atoms with E-state index in [9.17, 15) is 0 Å². The molecule has 1 aromatic carbocycles. The molecule has 19 heavy (non-hydrogen) atoms. The van der Waals surface area contributed by atoms with Gasteiger partial charge in [0.1, 0.15) is 0 Å². The van der Waals surface area contributed by atoms with E-state index < -0.39 is 0 Å². The Kier molecular flexibility index (Phi) is 3.85. The molecule has 0 radical (unpaired) electrons. The summed E-state index contributed by atoms with van der Waals surface area (Å²) in [5, 5.41) is 0. The fourth-order valence-corrected chi connectivity index (χ4v) is 2.87. The number of H-pyrrole nitrogens is 1. The molecule has 0 aliphatic carbocycles. The van der Waals surface area contributed by atoms with Crippen molar-refractivity contribution in [1.29, 1.82) is 0 Å². The number of benzene rings is 1. The Morgan fingerprint density at radius 3 is 2.68 bits per heavy atom. The van der Waals surface area contributed by atoms with Gasteiger partial charge in [-0.3, -0.25) is 4.90 Å². The van der Waals surface area contributed by atoms with E-state index >= 15 is 0 Å². The van der Waals surface area contributed by atoms with Gasteiger partial charge in [0.25, 0.3) is 0 Å². The number of hydrogen-bond acceptors (Lipinski definition) is 1. The number of hydrogen-bond donors (Lipinski definition) is 1. The zero-order chi connectivity index (χ0) is 13.1. The molecule has 0 bridgehead atoms. The van der Waals surface area contributed by atoms with Crippen molar-refractivity contribution in [1.82, 2.24) is 9.88 Å². The Labute approximate surface area is 122 Å². The molecule has 0 amide bonds. The third-order valence-corrected chi connectivity index (χ3v) is 4.02. The molecule has 0 unspecified atom stereocenters. The van der Waals surface area contributed by atoms with Crippen molar-refractivity contribution in [2.45, 2.75) is 13.0 Å². The number of rotatable bonds is 3. The zero-order valence-electron chi connectivity index (χ0n) is 10.8. The summed E-state index contributed by atoms with van der Waals surface area (Å²) in [6, 6.07) is 12.8. The van der Waals surface area contributed by atoms with Gasteiger partial charge in [-0.25, -0.2) is 0 Å². The maximum absolute atomic E-state index is 3.46. The van der Waals surface area contributed by atoms with Gasteiger partial charge in [0.15, 0.2) is 0 Å². The van der Waals surface area contributed by atoms with E-state index in [-0.39, 0.29) is 0 Å². The molecule has 3 heteroatoms. The Balaban J connectivity index is 1.64. The van der Waals surface area contributed by atoms with Gasteiger partial charge in [0.2, 0.25) is 0 Å². The first kappa shape index (κ1) is 12.7. The molecule has 0 atom stereocenters. The van der Waals surface area contributed by atoms with E-state index in [1.807, 2.05) is 0 Å². The van der Waals surface area contributed by atoms with E-state index in [0.717, 1.165) is 30.7 Å². The first-order chi connectivity index (χ1) is 9.31. The first-order valence-corrected chi connectivity index (χ1v) is 7.40. The minimum atomic E-state index is 1.03. The van der Waals surface area contributed by atoms with Crippen LogP contribution >= 0.6 is 15.9 Å². The third kappa shape index (κ3) is 3.17. The van der Waals surface area contributed by atoms with Crippen LogP contribution in [-0.2, 0) is 6.54 Å². The molecule has 0 saturated heterocycles. The van der Waals surface area contributed by atoms with Crippen LogP contribution in [0, 0.1) is 0 Å². The Bertz CT molecular complexity index is 571. The largest absolute Gasteiger partial charge is 0.355 e. The van der Waals surface area contributed by atoms with Gasteiger partial charge >= 0.3 is 0 Å². The van der Waals surface area contributed by atoms with Crippen molar-refractivity contribution in [3.8, 4) is 0 Å². The molecular weight excluding hydrogens is 300 g/mol. The monoisotopic (exact) mass is 316 g/mol. The summed E-state index contributed by atoms with van der Waals surface area (Å²) in [6.07, 6.45) is 5.54. The van der Waals surface area contributed by atoms with Crippen LogP contribution < -0.4 is 0 Å². The number of aromatic nitrogens is 1. The minimum Gasteiger partial charge on any atom is -0.355 e. The van der Waals surface area contributed by atoms with Crippen molar-refractivity contribution < 1.29 is 0 Å². The highest BCUT2D eigenvalue weighted by atomic mass is 79.9. The molecular formula is C16H17BrN2. The normalized spacial score (nSPS) is 16.4. The molecule has 98 valence electrons. The van der Waals surface area contributed by atoms with Crippen LogP contribution in [0.4, 0.5) is 0 Å². The van der Waals surface area contributed by atoms with Crippen molar-refractivity contribution in [3.05, 3.63) is 64.4 Å². The maximum atomic E-state index is 3.46. The topological polar surface area (TPSA) is 19.0 Å². The molecule has 0 fully saturated rings. The van der Waals surface area contributed by atoms with Crippen LogP contribution in [0.3, 0.4) is 0 Å². The van der Waals surface area contributed by atoms with Crippen LogP contribution in [0.15, 0.2) is 53.3 Å². The van der Waals surface area contributed by atoms with E-state index in [1.54, 1.807) is 0 Å². The van der Waals surface area contributed by atoms with Crippen molar-refractivity contribution >= 4 is 21.5 Å². The van der Waals surface area contributed by atoms with Gasteiger partial charge in [-0.1, -0.05) is 36.4 Å². The predicted octanol–water partition coefficient (Wildman–Crippen LogP) is 4.07. The quantitative estimate of drug-likeness (QED) is 0.904. The summed E-state index contributed by atoms with van der Waals surface area (Å²) in [6.45, 7) is 3.21. The lowest BCUT2D eigenvalue weighted by Gasteiger charge is -2.26. The van der Waals surface area contributed by atoms with Crippen LogP contribution in [0.5, 0.6) is 0 Å². The molecule has 2 heterocycles. The number of nitrogens with one attached hydrogen (secondary N) is 1. The number of nitrogens with zero attached hydrogens (tertiary/aromatic N) is 1. The SMILES string of the molecule is Brc1cc(C2=CCN(Cc3ccccc3)CC2)c[nH]1. The van der Waals surface area contributed by atoms with Crippen molar-refractivity contribution in [2.24, 2.45) is 0 Å². The second-order valence-electron chi connectivity index (χ2n) is 4.94. The third-order valence-electron chi connectivity index (χ3n) is 3.56. The van der Waals surface area contributed by atoms with Gasteiger partial charge < -0.3 is 4.98 Å². The summed E-state index contributed by atoms with van der Waals surface area (Å²) in [5.41, 5.74) is 4.15. The summed E-state index contributed by atoms with van der Waals surface area (Å²) >= 11 is 3.46. The Morgan fingerprint density at radius 2 is 2.05 bits per heavy atom.